The van der Waals surface area contributed by atoms with Gasteiger partial charge in [0.2, 0.25) is 11.8 Å². The third-order valence-corrected chi connectivity index (χ3v) is 8.08. The Labute approximate surface area is 299 Å². The molecule has 4 aromatic heterocycles. The Bertz CT molecular complexity index is 2260. The van der Waals surface area contributed by atoms with Gasteiger partial charge in [-0.15, -0.1) is 0 Å². The Morgan fingerprint density at radius 1 is 0.765 bits per heavy atom. The average molecular weight is 820 g/mol. The number of aromatic nitrogens is 4. The van der Waals surface area contributed by atoms with E-state index in [4.69, 9.17) is 19.4 Å². The maximum Gasteiger partial charge on any atom is 0.426 e. The van der Waals surface area contributed by atoms with Gasteiger partial charge in [-0.05, 0) is 103 Å². The highest BCUT2D eigenvalue weighted by molar-refractivity contribution is 14.1. The van der Waals surface area contributed by atoms with E-state index in [1.54, 1.807) is 37.4 Å². The summed E-state index contributed by atoms with van der Waals surface area (Å²) < 4.78 is 93.4. The first-order chi connectivity index (χ1) is 24.0. The number of alkyl halides is 6. The molecule has 10 nitrogen and oxygen atoms in total. The summed E-state index contributed by atoms with van der Waals surface area (Å²) in [5, 5.41) is 20.6. The van der Waals surface area contributed by atoms with Gasteiger partial charge in [-0.1, -0.05) is 0 Å². The number of ether oxygens (including phenoxy) is 1. The van der Waals surface area contributed by atoms with Gasteiger partial charge in [-0.25, -0.2) is 15.0 Å². The number of aryl methyl sites for hydroxylation is 2. The fourth-order valence-corrected chi connectivity index (χ4v) is 4.97. The molecule has 0 radical (unpaired) electrons. The number of nitriles is 2. The zero-order valence-electron chi connectivity index (χ0n) is 26.7. The van der Waals surface area contributed by atoms with E-state index in [1.807, 2.05) is 25.1 Å². The van der Waals surface area contributed by atoms with E-state index in [0.717, 1.165) is 14.7 Å². The van der Waals surface area contributed by atoms with Crippen LogP contribution >= 0.6 is 22.6 Å². The van der Waals surface area contributed by atoms with E-state index in [-0.39, 0.29) is 19.4 Å². The Balaban J connectivity index is 0.000000224. The van der Waals surface area contributed by atoms with Crippen molar-refractivity contribution in [1.82, 2.24) is 19.9 Å². The number of fused-ring (bicyclic) bond motifs is 2. The quantitative estimate of drug-likeness (QED) is 0.0940. The van der Waals surface area contributed by atoms with Crippen molar-refractivity contribution in [3.63, 3.8) is 0 Å². The number of nitrogens with zero attached hydrogens (tertiary/aromatic N) is 6. The third-order valence-electron chi connectivity index (χ3n) is 7.44. The van der Waals surface area contributed by atoms with Crippen LogP contribution in [-0.2, 0) is 4.74 Å². The molecule has 6 aromatic rings. The first-order valence-electron chi connectivity index (χ1n) is 14.7. The largest absolute Gasteiger partial charge is 0.434 e. The summed E-state index contributed by atoms with van der Waals surface area (Å²) in [5.41, 5.74) is 2.12. The van der Waals surface area contributed by atoms with Gasteiger partial charge in [-0.3, -0.25) is 4.98 Å². The van der Waals surface area contributed by atoms with Crippen LogP contribution in [0.1, 0.15) is 29.2 Å². The number of oxazole rings is 2. The van der Waals surface area contributed by atoms with Crippen LogP contribution < -0.4 is 5.32 Å². The molecule has 6 rings (SSSR count). The molecule has 0 atom stereocenters. The predicted octanol–water partition coefficient (Wildman–Crippen LogP) is 9.06. The second-order valence-corrected chi connectivity index (χ2v) is 12.4. The lowest BCUT2D eigenvalue weighted by molar-refractivity contribution is -0.373. The zero-order valence-corrected chi connectivity index (χ0v) is 28.9. The normalized spacial score (nSPS) is 11.9. The van der Waals surface area contributed by atoms with Crippen molar-refractivity contribution < 1.29 is 39.9 Å². The molecule has 0 spiro atoms. The van der Waals surface area contributed by atoms with Crippen molar-refractivity contribution in [1.29, 1.82) is 10.5 Å². The van der Waals surface area contributed by atoms with Crippen LogP contribution in [0.25, 0.3) is 45.4 Å². The molecule has 17 heteroatoms. The second-order valence-electron chi connectivity index (χ2n) is 11.1. The molecular formula is C34H24F6IN7O3. The van der Waals surface area contributed by atoms with Gasteiger partial charge in [-0.2, -0.15) is 36.9 Å². The van der Waals surface area contributed by atoms with Gasteiger partial charge < -0.3 is 18.9 Å². The van der Waals surface area contributed by atoms with Crippen LogP contribution in [0.3, 0.4) is 0 Å². The molecule has 0 aliphatic heterocycles. The molecule has 4 heterocycles. The Hall–Kier alpha value is -5.27. The third kappa shape index (κ3) is 8.05. The van der Waals surface area contributed by atoms with Crippen LogP contribution in [0.15, 0.2) is 69.8 Å². The molecule has 0 aliphatic carbocycles. The summed E-state index contributed by atoms with van der Waals surface area (Å²) in [6.45, 7) is 2.46. The van der Waals surface area contributed by atoms with E-state index in [1.165, 1.54) is 18.3 Å². The van der Waals surface area contributed by atoms with E-state index in [2.05, 4.69) is 58.6 Å². The Morgan fingerprint density at radius 3 is 1.67 bits per heavy atom. The first kappa shape index (κ1) is 37.0. The summed E-state index contributed by atoms with van der Waals surface area (Å²) in [5.74, 6) is 0.670. The molecule has 0 fully saturated rings. The van der Waals surface area contributed by atoms with Crippen molar-refractivity contribution in [2.75, 3.05) is 18.5 Å². The number of hydrogen-bond donors (Lipinski definition) is 1. The Kier molecular flexibility index (Phi) is 10.5. The average Bonchev–Trinajstić information content (AvgIpc) is 3.72. The number of anilines is 1. The van der Waals surface area contributed by atoms with E-state index >= 15 is 0 Å². The number of pyridine rings is 2. The minimum atomic E-state index is -5.61. The van der Waals surface area contributed by atoms with Crippen LogP contribution in [0, 0.1) is 40.1 Å². The summed E-state index contributed by atoms with van der Waals surface area (Å²) in [7, 11) is 0. The highest BCUT2D eigenvalue weighted by Crippen LogP contribution is 2.45. The SMILES string of the molecule is Cc1cc(C#N)cc2nc(-c3ccc(I)cn3)oc12.Cc1cc(C#N)cc2nc(-c3ccc(NCCOC(C)(C(F)(F)F)C(F)(F)F)cn3)oc12. The summed E-state index contributed by atoms with van der Waals surface area (Å²) in [4.78, 5) is 17.1. The molecule has 2 aromatic carbocycles. The molecular weight excluding hydrogens is 795 g/mol. The number of rotatable bonds is 7. The highest BCUT2D eigenvalue weighted by atomic mass is 127. The number of halogens is 7. The maximum absolute atomic E-state index is 12.8. The topological polar surface area (TPSA) is 147 Å². The lowest BCUT2D eigenvalue weighted by atomic mass is 10.1. The molecule has 0 unspecified atom stereocenters. The molecule has 0 saturated heterocycles. The predicted molar refractivity (Wildman–Crippen MR) is 181 cm³/mol. The monoisotopic (exact) mass is 819 g/mol. The molecule has 51 heavy (non-hydrogen) atoms. The number of benzene rings is 2. The highest BCUT2D eigenvalue weighted by Gasteiger charge is 2.69. The minimum Gasteiger partial charge on any atom is -0.434 e. The lowest BCUT2D eigenvalue weighted by Gasteiger charge is -2.33. The van der Waals surface area contributed by atoms with E-state index < -0.39 is 24.6 Å². The van der Waals surface area contributed by atoms with E-state index in [0.29, 0.717) is 56.3 Å². The van der Waals surface area contributed by atoms with Gasteiger partial charge in [0, 0.05) is 16.3 Å². The number of hydrogen-bond acceptors (Lipinski definition) is 10. The van der Waals surface area contributed by atoms with Crippen molar-refractivity contribution >= 4 is 50.5 Å². The molecule has 1 N–H and O–H groups in total. The zero-order chi connectivity index (χ0) is 37.1. The van der Waals surface area contributed by atoms with Crippen LogP contribution in [0.5, 0.6) is 0 Å². The van der Waals surface area contributed by atoms with Gasteiger partial charge >= 0.3 is 12.4 Å². The van der Waals surface area contributed by atoms with Crippen molar-refractivity contribution in [2.45, 2.75) is 38.7 Å². The molecule has 0 aliphatic rings. The van der Waals surface area contributed by atoms with E-state index in [9.17, 15) is 26.3 Å². The van der Waals surface area contributed by atoms with Crippen molar-refractivity contribution in [3.05, 3.63) is 86.7 Å². The maximum atomic E-state index is 12.8. The van der Waals surface area contributed by atoms with Gasteiger partial charge in [0.25, 0.3) is 5.60 Å². The smallest absolute Gasteiger partial charge is 0.426 e. The second kappa shape index (κ2) is 14.5. The van der Waals surface area contributed by atoms with Crippen molar-refractivity contribution in [2.24, 2.45) is 0 Å². The summed E-state index contributed by atoms with van der Waals surface area (Å²) in [6, 6.07) is 17.7. The fraction of sp³-hybridized carbons (Fsp3) is 0.235. The minimum absolute atomic E-state index is 0.0506. The Morgan fingerprint density at radius 2 is 1.25 bits per heavy atom. The first-order valence-corrected chi connectivity index (χ1v) is 15.8. The van der Waals surface area contributed by atoms with Gasteiger partial charge in [0.05, 0.1) is 41.8 Å². The molecule has 0 saturated carbocycles. The van der Waals surface area contributed by atoms with Crippen LogP contribution in [0.2, 0.25) is 0 Å². The molecule has 0 amide bonds. The fourth-order valence-electron chi connectivity index (χ4n) is 4.65. The number of nitrogens with one attached hydrogen (secondary N) is 1. The van der Waals surface area contributed by atoms with Gasteiger partial charge in [0.1, 0.15) is 22.4 Å². The van der Waals surface area contributed by atoms with Crippen LogP contribution in [0.4, 0.5) is 32.0 Å². The summed E-state index contributed by atoms with van der Waals surface area (Å²) in [6.07, 6.45) is -8.14. The lowest BCUT2D eigenvalue weighted by Crippen LogP contribution is -2.56. The van der Waals surface area contributed by atoms with Gasteiger partial charge in [0.15, 0.2) is 11.2 Å². The molecule has 262 valence electrons. The standard InChI is InChI=1S/C20H16F6N4O2.C14H8IN3O/c1-11-7-12(9-27)8-15-16(11)32-17(30-15)14-4-3-13(10-29-14)28-5-6-31-18(2,19(21,22)23)20(24,25)26;1-8-4-9(6-16)5-12-13(8)19-14(18-12)11-3-2-10(15)7-17-11/h3-4,7-8,10,28H,5-6H2,1-2H3;2-5,7H,1H3. The summed E-state index contributed by atoms with van der Waals surface area (Å²) >= 11 is 2.20. The van der Waals surface area contributed by atoms with Crippen molar-refractivity contribution in [3.8, 4) is 35.3 Å². The molecule has 0 bridgehead atoms. The van der Waals surface area contributed by atoms with Crippen LogP contribution in [-0.4, -0.2) is 51.0 Å².